The maximum atomic E-state index is 13.1. The number of fused-ring (bicyclic) bond motifs is 2. The summed E-state index contributed by atoms with van der Waals surface area (Å²) in [6, 6.07) is 15.7. The molecule has 0 saturated heterocycles. The zero-order valence-corrected chi connectivity index (χ0v) is 17.9. The first-order valence-electron chi connectivity index (χ1n) is 9.35. The van der Waals surface area contributed by atoms with Crippen molar-refractivity contribution in [3.8, 4) is 0 Å². The number of benzene rings is 2. The molecule has 7 nitrogen and oxygen atoms in total. The molecule has 3 aromatic heterocycles. The van der Waals surface area contributed by atoms with Crippen LogP contribution in [0, 0.1) is 6.92 Å². The Morgan fingerprint density at radius 2 is 1.94 bits per heavy atom. The number of thioether (sulfide) groups is 1. The van der Waals surface area contributed by atoms with Crippen LogP contribution in [0.25, 0.3) is 21.9 Å². The lowest BCUT2D eigenvalue weighted by Gasteiger charge is -2.06. The fourth-order valence-electron chi connectivity index (χ4n) is 3.23. The van der Waals surface area contributed by atoms with E-state index in [2.05, 4.69) is 15.5 Å². The Kier molecular flexibility index (Phi) is 5.05. The summed E-state index contributed by atoms with van der Waals surface area (Å²) in [5, 5.41) is 13.6. The molecule has 1 amide bonds. The third kappa shape index (κ3) is 3.97. The highest BCUT2D eigenvalue weighted by Gasteiger charge is 2.21. The van der Waals surface area contributed by atoms with Crippen molar-refractivity contribution in [2.24, 2.45) is 0 Å². The summed E-state index contributed by atoms with van der Waals surface area (Å²) in [7, 11) is 0. The maximum Gasteiger partial charge on any atom is 0.336 e. The Morgan fingerprint density at radius 1 is 1.06 bits per heavy atom. The number of furan rings is 1. The number of amides is 1. The predicted octanol–water partition coefficient (Wildman–Crippen LogP) is 5.24. The summed E-state index contributed by atoms with van der Waals surface area (Å²) >= 11 is 3.03. The second-order valence-electron chi connectivity index (χ2n) is 6.74. The van der Waals surface area contributed by atoms with Crippen LogP contribution in [0.2, 0.25) is 0 Å². The number of hydrogen-bond donors (Lipinski definition) is 1. The van der Waals surface area contributed by atoms with Crippen molar-refractivity contribution in [3.63, 3.8) is 0 Å². The lowest BCUT2D eigenvalue weighted by molar-refractivity contribution is 0.0998. The van der Waals surface area contributed by atoms with Gasteiger partial charge in [-0.2, -0.15) is 0 Å². The number of anilines is 1. The van der Waals surface area contributed by atoms with E-state index < -0.39 is 5.63 Å². The minimum Gasteiger partial charge on any atom is -0.451 e. The molecule has 0 saturated carbocycles. The number of aryl methyl sites for hydroxylation is 1. The molecule has 5 aromatic rings. The smallest absolute Gasteiger partial charge is 0.336 e. The van der Waals surface area contributed by atoms with Gasteiger partial charge in [0.25, 0.3) is 5.91 Å². The van der Waals surface area contributed by atoms with Crippen LogP contribution >= 0.6 is 23.1 Å². The zero-order valence-electron chi connectivity index (χ0n) is 16.2. The number of carbonyl (C=O) groups excluding carboxylic acids is 1. The Morgan fingerprint density at radius 3 is 2.77 bits per heavy atom. The van der Waals surface area contributed by atoms with Gasteiger partial charge < -0.3 is 14.2 Å². The summed E-state index contributed by atoms with van der Waals surface area (Å²) < 4.78 is 11.9. The molecule has 2 aromatic carbocycles. The molecule has 0 fully saturated rings. The third-order valence-electron chi connectivity index (χ3n) is 4.63. The van der Waals surface area contributed by atoms with E-state index in [1.54, 1.807) is 24.3 Å². The normalized spacial score (nSPS) is 11.3. The molecule has 0 bridgehead atoms. The van der Waals surface area contributed by atoms with Crippen LogP contribution in [0.3, 0.4) is 0 Å². The number of nitrogens with zero attached hydrogens (tertiary/aromatic N) is 2. The Bertz CT molecular complexity index is 1490. The second-order valence-corrected chi connectivity index (χ2v) is 9.15. The van der Waals surface area contributed by atoms with Gasteiger partial charge in [0.2, 0.25) is 0 Å². The van der Waals surface area contributed by atoms with Crippen molar-refractivity contribution >= 4 is 56.6 Å². The van der Waals surface area contributed by atoms with Gasteiger partial charge in [-0.15, -0.1) is 10.2 Å². The predicted molar refractivity (Wildman–Crippen MR) is 121 cm³/mol. The van der Waals surface area contributed by atoms with Crippen LogP contribution in [0.5, 0.6) is 0 Å². The monoisotopic (exact) mass is 449 g/mol. The molecule has 0 aliphatic carbocycles. The Balaban J connectivity index is 1.46. The van der Waals surface area contributed by atoms with E-state index >= 15 is 0 Å². The fourth-order valence-corrected chi connectivity index (χ4v) is 5.08. The summed E-state index contributed by atoms with van der Waals surface area (Å²) in [4.78, 5) is 24.5. The van der Waals surface area contributed by atoms with Gasteiger partial charge in [-0.1, -0.05) is 41.3 Å². The average molecular weight is 450 g/mol. The Hall–Kier alpha value is -3.43. The van der Waals surface area contributed by atoms with Crippen molar-refractivity contribution in [3.05, 3.63) is 81.3 Å². The van der Waals surface area contributed by atoms with E-state index in [0.717, 1.165) is 20.3 Å². The standard InChI is InChI=1S/C22H15N3O4S2/c1-12-24-25-22(31-12)30-11-16-15-4-2-3-5-18(15)29-20(16)21(27)23-14-7-8-17-13(10-14)6-9-19(26)28-17/h2-10H,11H2,1H3,(H,23,27). The van der Waals surface area contributed by atoms with E-state index in [9.17, 15) is 9.59 Å². The molecule has 0 unspecified atom stereocenters. The quantitative estimate of drug-likeness (QED) is 0.289. The number of aromatic nitrogens is 2. The van der Waals surface area contributed by atoms with Gasteiger partial charge in [0, 0.05) is 33.8 Å². The highest BCUT2D eigenvalue weighted by molar-refractivity contribution is 8.00. The number of nitrogens with one attached hydrogen (secondary N) is 1. The number of carbonyl (C=O) groups is 1. The van der Waals surface area contributed by atoms with Crippen LogP contribution in [0.4, 0.5) is 5.69 Å². The van der Waals surface area contributed by atoms with Crippen molar-refractivity contribution in [2.75, 3.05) is 5.32 Å². The van der Waals surface area contributed by atoms with Gasteiger partial charge in [0.05, 0.1) is 0 Å². The van der Waals surface area contributed by atoms with Gasteiger partial charge in [-0.25, -0.2) is 4.79 Å². The SMILES string of the molecule is Cc1nnc(SCc2c(C(=O)Nc3ccc4oc(=O)ccc4c3)oc3ccccc23)s1. The molecule has 3 heterocycles. The van der Waals surface area contributed by atoms with Crippen molar-refractivity contribution in [2.45, 2.75) is 17.0 Å². The topological polar surface area (TPSA) is 98.2 Å². The first-order chi connectivity index (χ1) is 15.1. The average Bonchev–Trinajstić information content (AvgIpc) is 3.35. The van der Waals surface area contributed by atoms with Crippen molar-refractivity contribution in [1.29, 1.82) is 0 Å². The minimum atomic E-state index is -0.417. The lowest BCUT2D eigenvalue weighted by Crippen LogP contribution is -2.12. The number of rotatable bonds is 5. The zero-order chi connectivity index (χ0) is 21.4. The summed E-state index contributed by atoms with van der Waals surface area (Å²) in [5.41, 5.74) is 2.07. The molecule has 9 heteroatoms. The van der Waals surface area contributed by atoms with Gasteiger partial charge in [-0.05, 0) is 37.3 Å². The molecule has 0 radical (unpaired) electrons. The van der Waals surface area contributed by atoms with Gasteiger partial charge in [0.1, 0.15) is 16.2 Å². The third-order valence-corrected chi connectivity index (χ3v) is 6.63. The molecule has 0 aliphatic rings. The van der Waals surface area contributed by atoms with Gasteiger partial charge in [-0.3, -0.25) is 4.79 Å². The molecule has 1 N–H and O–H groups in total. The van der Waals surface area contributed by atoms with E-state index in [4.69, 9.17) is 8.83 Å². The molecule has 31 heavy (non-hydrogen) atoms. The van der Waals surface area contributed by atoms with Crippen molar-refractivity contribution in [1.82, 2.24) is 10.2 Å². The van der Waals surface area contributed by atoms with E-state index in [0.29, 0.717) is 28.0 Å². The summed E-state index contributed by atoms with van der Waals surface area (Å²) in [6.07, 6.45) is 0. The first-order valence-corrected chi connectivity index (χ1v) is 11.2. The van der Waals surface area contributed by atoms with Crippen LogP contribution in [0.1, 0.15) is 21.1 Å². The van der Waals surface area contributed by atoms with Crippen LogP contribution in [0.15, 0.2) is 72.6 Å². The molecule has 154 valence electrons. The summed E-state index contributed by atoms with van der Waals surface area (Å²) in [5.74, 6) is 0.434. The highest BCUT2D eigenvalue weighted by Crippen LogP contribution is 2.33. The molecule has 0 spiro atoms. The summed E-state index contributed by atoms with van der Waals surface area (Å²) in [6.45, 7) is 1.91. The molecule has 0 atom stereocenters. The highest BCUT2D eigenvalue weighted by atomic mass is 32.2. The van der Waals surface area contributed by atoms with E-state index in [1.165, 1.54) is 29.2 Å². The minimum absolute atomic E-state index is 0.259. The molecular weight excluding hydrogens is 434 g/mol. The fraction of sp³-hybridized carbons (Fsp3) is 0.0909. The van der Waals surface area contributed by atoms with Crippen LogP contribution in [-0.4, -0.2) is 16.1 Å². The van der Waals surface area contributed by atoms with Gasteiger partial charge >= 0.3 is 5.63 Å². The van der Waals surface area contributed by atoms with E-state index in [-0.39, 0.29) is 11.7 Å². The van der Waals surface area contributed by atoms with Crippen LogP contribution in [-0.2, 0) is 5.75 Å². The van der Waals surface area contributed by atoms with E-state index in [1.807, 2.05) is 31.2 Å². The van der Waals surface area contributed by atoms with Gasteiger partial charge in [0.15, 0.2) is 10.1 Å². The lowest BCUT2D eigenvalue weighted by atomic mass is 10.1. The Labute approximate surface area is 184 Å². The largest absolute Gasteiger partial charge is 0.451 e. The first kappa shape index (κ1) is 19.5. The molecule has 5 rings (SSSR count). The van der Waals surface area contributed by atoms with Crippen LogP contribution < -0.4 is 10.9 Å². The maximum absolute atomic E-state index is 13.1. The van der Waals surface area contributed by atoms with Crippen molar-refractivity contribution < 1.29 is 13.6 Å². The number of para-hydroxylation sites is 1. The molecular formula is C22H15N3O4S2. The second kappa shape index (κ2) is 8.01. The number of hydrogen-bond acceptors (Lipinski definition) is 8. The molecule has 0 aliphatic heterocycles.